The minimum atomic E-state index is 0.0295. The van der Waals surface area contributed by atoms with Crippen LogP contribution in [0.4, 0.5) is 5.82 Å². The van der Waals surface area contributed by atoms with Gasteiger partial charge < -0.3 is 15.0 Å². The number of ether oxygens (including phenoxy) is 1. The molecular weight excluding hydrogens is 242 g/mol. The Bertz CT molecular complexity index is 436. The summed E-state index contributed by atoms with van der Waals surface area (Å²) >= 11 is 0. The van der Waals surface area contributed by atoms with Crippen LogP contribution in [0.3, 0.4) is 0 Å². The van der Waals surface area contributed by atoms with Gasteiger partial charge in [-0.1, -0.05) is 6.92 Å². The van der Waals surface area contributed by atoms with Gasteiger partial charge in [0.2, 0.25) is 0 Å². The first-order valence-corrected chi connectivity index (χ1v) is 6.82. The minimum absolute atomic E-state index is 0.0295. The van der Waals surface area contributed by atoms with Gasteiger partial charge >= 0.3 is 0 Å². The number of carbonyl (C=O) groups is 1. The predicted octanol–water partition coefficient (Wildman–Crippen LogP) is 1.76. The minimum Gasteiger partial charge on any atom is -0.375 e. The Morgan fingerprint density at radius 1 is 1.63 bits per heavy atom. The number of amides is 1. The van der Waals surface area contributed by atoms with Gasteiger partial charge in [0.1, 0.15) is 5.82 Å². The fraction of sp³-hybridized carbons (Fsp3) is 0.571. The van der Waals surface area contributed by atoms with Gasteiger partial charge in [-0.15, -0.1) is 0 Å². The first-order valence-electron chi connectivity index (χ1n) is 6.82. The lowest BCUT2D eigenvalue weighted by atomic mass is 10.2. The normalized spacial score (nSPS) is 19.3. The molecule has 2 heterocycles. The van der Waals surface area contributed by atoms with Crippen molar-refractivity contribution in [2.24, 2.45) is 0 Å². The van der Waals surface area contributed by atoms with Gasteiger partial charge in [-0.25, -0.2) is 4.98 Å². The van der Waals surface area contributed by atoms with Crippen molar-refractivity contribution in [2.75, 3.05) is 31.6 Å². The molecule has 1 N–H and O–H groups in total. The SMILES string of the molecule is CCCNc1ncccc1C(=O)N1CCOC(C)C1. The highest BCUT2D eigenvalue weighted by atomic mass is 16.5. The average molecular weight is 263 g/mol. The zero-order chi connectivity index (χ0) is 13.7. The van der Waals surface area contributed by atoms with E-state index in [0.717, 1.165) is 13.0 Å². The van der Waals surface area contributed by atoms with E-state index in [1.807, 2.05) is 17.9 Å². The van der Waals surface area contributed by atoms with Crippen LogP contribution in [0.15, 0.2) is 18.3 Å². The molecule has 1 amide bonds. The zero-order valence-corrected chi connectivity index (χ0v) is 11.6. The lowest BCUT2D eigenvalue weighted by Gasteiger charge is -2.31. The van der Waals surface area contributed by atoms with Crippen LogP contribution in [-0.4, -0.2) is 48.1 Å². The molecule has 0 saturated carbocycles. The number of anilines is 1. The van der Waals surface area contributed by atoms with E-state index in [9.17, 15) is 4.79 Å². The second-order valence-corrected chi connectivity index (χ2v) is 4.76. The molecule has 0 aromatic carbocycles. The van der Waals surface area contributed by atoms with Crippen LogP contribution in [-0.2, 0) is 4.74 Å². The monoisotopic (exact) mass is 263 g/mol. The fourth-order valence-electron chi connectivity index (χ4n) is 2.14. The summed E-state index contributed by atoms with van der Waals surface area (Å²) in [5.74, 6) is 0.704. The number of hydrogen-bond acceptors (Lipinski definition) is 4. The summed E-state index contributed by atoms with van der Waals surface area (Å²) in [5.41, 5.74) is 0.644. The highest BCUT2D eigenvalue weighted by molar-refractivity contribution is 5.98. The third kappa shape index (κ3) is 3.44. The Kier molecular flexibility index (Phi) is 4.74. The largest absolute Gasteiger partial charge is 0.375 e. The van der Waals surface area contributed by atoms with Crippen LogP contribution in [0.25, 0.3) is 0 Å². The maximum absolute atomic E-state index is 12.5. The highest BCUT2D eigenvalue weighted by Gasteiger charge is 2.24. The van der Waals surface area contributed by atoms with Crippen LogP contribution in [0, 0.1) is 0 Å². The van der Waals surface area contributed by atoms with Gasteiger partial charge in [0, 0.05) is 25.8 Å². The van der Waals surface area contributed by atoms with E-state index in [1.165, 1.54) is 0 Å². The number of carbonyl (C=O) groups excluding carboxylic acids is 1. The quantitative estimate of drug-likeness (QED) is 0.899. The van der Waals surface area contributed by atoms with Crippen molar-refractivity contribution < 1.29 is 9.53 Å². The van der Waals surface area contributed by atoms with Crippen molar-refractivity contribution in [3.8, 4) is 0 Å². The number of aromatic nitrogens is 1. The van der Waals surface area contributed by atoms with E-state index in [4.69, 9.17) is 4.74 Å². The molecule has 2 rings (SSSR count). The molecule has 1 aromatic rings. The second-order valence-electron chi connectivity index (χ2n) is 4.76. The van der Waals surface area contributed by atoms with E-state index in [1.54, 1.807) is 12.3 Å². The third-order valence-corrected chi connectivity index (χ3v) is 3.11. The van der Waals surface area contributed by atoms with Crippen LogP contribution in [0.5, 0.6) is 0 Å². The Hall–Kier alpha value is -1.62. The second kappa shape index (κ2) is 6.52. The molecule has 0 aliphatic carbocycles. The van der Waals surface area contributed by atoms with Crippen LogP contribution in [0.1, 0.15) is 30.6 Å². The third-order valence-electron chi connectivity index (χ3n) is 3.11. The standard InChI is InChI=1S/C14H21N3O2/c1-3-6-15-13-12(5-4-7-16-13)14(18)17-8-9-19-11(2)10-17/h4-5,7,11H,3,6,8-10H2,1-2H3,(H,15,16). The van der Waals surface area contributed by atoms with E-state index in [-0.39, 0.29) is 12.0 Å². The van der Waals surface area contributed by atoms with Crippen molar-refractivity contribution >= 4 is 11.7 Å². The summed E-state index contributed by atoms with van der Waals surface area (Å²) in [4.78, 5) is 18.6. The first-order chi connectivity index (χ1) is 9.22. The number of nitrogens with zero attached hydrogens (tertiary/aromatic N) is 2. The van der Waals surface area contributed by atoms with Gasteiger partial charge in [-0.2, -0.15) is 0 Å². The molecule has 5 heteroatoms. The van der Waals surface area contributed by atoms with Crippen LogP contribution in [0.2, 0.25) is 0 Å². The predicted molar refractivity (Wildman–Crippen MR) is 74.3 cm³/mol. The molecule has 1 aliphatic rings. The van der Waals surface area contributed by atoms with Crippen molar-refractivity contribution in [1.29, 1.82) is 0 Å². The van der Waals surface area contributed by atoms with Crippen LogP contribution >= 0.6 is 0 Å². The van der Waals surface area contributed by atoms with Gasteiger partial charge in [-0.05, 0) is 25.5 Å². The van der Waals surface area contributed by atoms with Gasteiger partial charge in [0.25, 0.3) is 5.91 Å². The molecule has 1 unspecified atom stereocenters. The van der Waals surface area contributed by atoms with Crippen molar-refractivity contribution in [2.45, 2.75) is 26.4 Å². The van der Waals surface area contributed by atoms with E-state index >= 15 is 0 Å². The molecule has 1 atom stereocenters. The lowest BCUT2D eigenvalue weighted by Crippen LogP contribution is -2.44. The van der Waals surface area contributed by atoms with E-state index in [2.05, 4.69) is 17.2 Å². The summed E-state index contributed by atoms with van der Waals surface area (Å²) in [6.07, 6.45) is 2.80. The Balaban J connectivity index is 2.13. The molecular formula is C14H21N3O2. The lowest BCUT2D eigenvalue weighted by molar-refractivity contribution is -0.0124. The Labute approximate surface area is 114 Å². The topological polar surface area (TPSA) is 54.5 Å². The van der Waals surface area contributed by atoms with Crippen molar-refractivity contribution in [3.05, 3.63) is 23.9 Å². The number of morpholine rings is 1. The molecule has 19 heavy (non-hydrogen) atoms. The number of nitrogens with one attached hydrogen (secondary N) is 1. The Morgan fingerprint density at radius 2 is 2.47 bits per heavy atom. The summed E-state index contributed by atoms with van der Waals surface area (Å²) in [6.45, 7) is 6.77. The summed E-state index contributed by atoms with van der Waals surface area (Å²) in [5, 5.41) is 3.20. The number of pyridine rings is 1. The smallest absolute Gasteiger partial charge is 0.257 e. The zero-order valence-electron chi connectivity index (χ0n) is 11.6. The molecule has 1 fully saturated rings. The maximum atomic E-state index is 12.5. The molecule has 1 saturated heterocycles. The molecule has 5 nitrogen and oxygen atoms in total. The first kappa shape index (κ1) is 13.8. The van der Waals surface area contributed by atoms with E-state index in [0.29, 0.717) is 31.1 Å². The maximum Gasteiger partial charge on any atom is 0.257 e. The highest BCUT2D eigenvalue weighted by Crippen LogP contribution is 2.16. The van der Waals surface area contributed by atoms with Crippen LogP contribution < -0.4 is 5.32 Å². The molecule has 104 valence electrons. The summed E-state index contributed by atoms with van der Waals surface area (Å²) in [6, 6.07) is 3.63. The van der Waals surface area contributed by atoms with Gasteiger partial charge in [-0.3, -0.25) is 4.79 Å². The van der Waals surface area contributed by atoms with Gasteiger partial charge in [0.15, 0.2) is 0 Å². The molecule has 1 aromatic heterocycles. The molecule has 0 spiro atoms. The van der Waals surface area contributed by atoms with Crippen molar-refractivity contribution in [3.63, 3.8) is 0 Å². The van der Waals surface area contributed by atoms with Crippen molar-refractivity contribution in [1.82, 2.24) is 9.88 Å². The summed E-state index contributed by atoms with van der Waals surface area (Å²) in [7, 11) is 0. The Morgan fingerprint density at radius 3 is 3.21 bits per heavy atom. The van der Waals surface area contributed by atoms with Gasteiger partial charge in [0.05, 0.1) is 18.3 Å². The molecule has 1 aliphatic heterocycles. The number of rotatable bonds is 4. The number of hydrogen-bond donors (Lipinski definition) is 1. The molecule has 0 radical (unpaired) electrons. The fourth-order valence-corrected chi connectivity index (χ4v) is 2.14. The average Bonchev–Trinajstić information content (AvgIpc) is 2.44. The summed E-state index contributed by atoms with van der Waals surface area (Å²) < 4.78 is 5.46. The van der Waals surface area contributed by atoms with E-state index < -0.39 is 0 Å². The molecule has 0 bridgehead atoms.